The van der Waals surface area contributed by atoms with Gasteiger partial charge in [0.15, 0.2) is 0 Å². The fourth-order valence-corrected chi connectivity index (χ4v) is 2.09. The lowest BCUT2D eigenvalue weighted by Crippen LogP contribution is -1.95. The normalized spacial score (nSPS) is 12.9. The topological polar surface area (TPSA) is 0 Å². The standard InChI is InChI=1S/C15H16F/c1-12(6-5-11-16)14-10-4-8-13-7-2-3-9-15(13)14/h2-4,7-10,12H,1,5-6,11H2. The number of hydrogen-bond acceptors (Lipinski definition) is 0. The molecule has 0 aliphatic rings. The molecule has 1 heteroatoms. The van der Waals surface area contributed by atoms with Crippen molar-refractivity contribution in [2.75, 3.05) is 6.67 Å². The van der Waals surface area contributed by atoms with E-state index in [1.807, 2.05) is 18.2 Å². The van der Waals surface area contributed by atoms with Crippen molar-refractivity contribution in [1.29, 1.82) is 0 Å². The molecule has 0 saturated carbocycles. The Morgan fingerprint density at radius 3 is 2.62 bits per heavy atom. The van der Waals surface area contributed by atoms with E-state index in [2.05, 4.69) is 31.2 Å². The van der Waals surface area contributed by atoms with E-state index in [4.69, 9.17) is 0 Å². The van der Waals surface area contributed by atoms with Crippen molar-refractivity contribution in [3.8, 4) is 0 Å². The van der Waals surface area contributed by atoms with Crippen LogP contribution in [0, 0.1) is 6.92 Å². The van der Waals surface area contributed by atoms with Crippen LogP contribution in [-0.4, -0.2) is 6.67 Å². The third-order valence-corrected chi connectivity index (χ3v) is 2.95. The first kappa shape index (κ1) is 11.1. The Morgan fingerprint density at radius 2 is 1.81 bits per heavy atom. The summed E-state index contributed by atoms with van der Waals surface area (Å²) in [5, 5.41) is 2.47. The molecule has 0 aromatic heterocycles. The number of rotatable bonds is 4. The lowest BCUT2D eigenvalue weighted by Gasteiger charge is -2.13. The molecule has 83 valence electrons. The Balaban J connectivity index is 2.36. The second kappa shape index (κ2) is 5.11. The van der Waals surface area contributed by atoms with Crippen LogP contribution < -0.4 is 0 Å². The van der Waals surface area contributed by atoms with Crippen molar-refractivity contribution in [3.05, 3.63) is 55.0 Å². The molecule has 2 aromatic rings. The highest BCUT2D eigenvalue weighted by Gasteiger charge is 2.08. The molecule has 0 aliphatic heterocycles. The van der Waals surface area contributed by atoms with E-state index >= 15 is 0 Å². The molecule has 0 spiro atoms. The van der Waals surface area contributed by atoms with Gasteiger partial charge in [0.25, 0.3) is 0 Å². The first-order chi connectivity index (χ1) is 7.83. The molecule has 0 bridgehead atoms. The number of alkyl halides is 1. The summed E-state index contributed by atoms with van der Waals surface area (Å²) in [6.07, 6.45) is 1.40. The van der Waals surface area contributed by atoms with Crippen LogP contribution in [0.2, 0.25) is 0 Å². The van der Waals surface area contributed by atoms with Gasteiger partial charge in [-0.15, -0.1) is 0 Å². The third-order valence-electron chi connectivity index (χ3n) is 2.95. The largest absolute Gasteiger partial charge is 0.251 e. The molecule has 0 heterocycles. The zero-order chi connectivity index (χ0) is 11.4. The van der Waals surface area contributed by atoms with Crippen LogP contribution in [0.3, 0.4) is 0 Å². The Labute approximate surface area is 96.1 Å². The van der Waals surface area contributed by atoms with E-state index < -0.39 is 0 Å². The third kappa shape index (κ3) is 2.24. The maximum absolute atomic E-state index is 12.2. The molecular weight excluding hydrogens is 199 g/mol. The zero-order valence-corrected chi connectivity index (χ0v) is 9.33. The average Bonchev–Trinajstić information content (AvgIpc) is 2.35. The lowest BCUT2D eigenvalue weighted by atomic mass is 9.92. The van der Waals surface area contributed by atoms with Crippen LogP contribution in [-0.2, 0) is 0 Å². The summed E-state index contributed by atoms with van der Waals surface area (Å²) >= 11 is 0. The van der Waals surface area contributed by atoms with E-state index in [9.17, 15) is 4.39 Å². The average molecular weight is 215 g/mol. The molecule has 0 N–H and O–H groups in total. The summed E-state index contributed by atoms with van der Waals surface area (Å²) < 4.78 is 12.2. The van der Waals surface area contributed by atoms with Crippen molar-refractivity contribution in [2.24, 2.45) is 0 Å². The summed E-state index contributed by atoms with van der Waals surface area (Å²) in [7, 11) is 0. The van der Waals surface area contributed by atoms with Gasteiger partial charge in [0.05, 0.1) is 6.67 Å². The Kier molecular flexibility index (Phi) is 3.55. The molecule has 0 aliphatic carbocycles. The number of benzene rings is 2. The molecule has 1 radical (unpaired) electrons. The summed E-state index contributed by atoms with van der Waals surface area (Å²) in [5.41, 5.74) is 1.23. The quantitative estimate of drug-likeness (QED) is 0.704. The molecule has 0 amide bonds. The van der Waals surface area contributed by atoms with E-state index in [0.29, 0.717) is 6.42 Å². The first-order valence-electron chi connectivity index (χ1n) is 5.69. The molecule has 2 rings (SSSR count). The summed E-state index contributed by atoms with van der Waals surface area (Å²) in [5.74, 6) is 0.182. The Bertz CT molecular complexity index is 456. The van der Waals surface area contributed by atoms with Crippen LogP contribution in [0.5, 0.6) is 0 Å². The maximum atomic E-state index is 12.2. The van der Waals surface area contributed by atoms with Gasteiger partial charge in [-0.05, 0) is 42.0 Å². The van der Waals surface area contributed by atoms with Gasteiger partial charge >= 0.3 is 0 Å². The maximum Gasteiger partial charge on any atom is 0.0894 e. The molecule has 2 aromatic carbocycles. The van der Waals surface area contributed by atoms with Crippen molar-refractivity contribution >= 4 is 10.8 Å². The van der Waals surface area contributed by atoms with E-state index in [1.54, 1.807) is 0 Å². The minimum Gasteiger partial charge on any atom is -0.251 e. The molecule has 0 saturated heterocycles. The van der Waals surface area contributed by atoms with Gasteiger partial charge in [0.2, 0.25) is 0 Å². The van der Waals surface area contributed by atoms with Crippen LogP contribution in [0.4, 0.5) is 4.39 Å². The van der Waals surface area contributed by atoms with Crippen LogP contribution >= 0.6 is 0 Å². The van der Waals surface area contributed by atoms with Gasteiger partial charge in [0, 0.05) is 0 Å². The predicted molar refractivity (Wildman–Crippen MR) is 67.3 cm³/mol. The molecule has 0 fully saturated rings. The fraction of sp³-hybridized carbons (Fsp3) is 0.267. The van der Waals surface area contributed by atoms with Gasteiger partial charge in [0.1, 0.15) is 0 Å². The van der Waals surface area contributed by atoms with Crippen molar-refractivity contribution in [3.63, 3.8) is 0 Å². The first-order valence-corrected chi connectivity index (χ1v) is 5.69. The minimum absolute atomic E-state index is 0.182. The molecule has 16 heavy (non-hydrogen) atoms. The fourth-order valence-electron chi connectivity index (χ4n) is 2.09. The van der Waals surface area contributed by atoms with Crippen molar-refractivity contribution in [2.45, 2.75) is 18.8 Å². The molecule has 1 unspecified atom stereocenters. The highest BCUT2D eigenvalue weighted by atomic mass is 19.1. The summed E-state index contributed by atoms with van der Waals surface area (Å²) in [4.78, 5) is 0. The van der Waals surface area contributed by atoms with E-state index in [1.165, 1.54) is 16.3 Å². The highest BCUT2D eigenvalue weighted by Crippen LogP contribution is 2.27. The number of halogens is 1. The molecule has 0 nitrogen and oxygen atoms in total. The lowest BCUT2D eigenvalue weighted by molar-refractivity contribution is 0.454. The second-order valence-corrected chi connectivity index (χ2v) is 4.10. The van der Waals surface area contributed by atoms with Gasteiger partial charge in [-0.1, -0.05) is 42.5 Å². The SMILES string of the molecule is [CH2]C(CCCF)c1cccc2ccccc12. The van der Waals surface area contributed by atoms with Gasteiger partial charge < -0.3 is 0 Å². The second-order valence-electron chi connectivity index (χ2n) is 4.10. The number of hydrogen-bond donors (Lipinski definition) is 0. The van der Waals surface area contributed by atoms with E-state index in [0.717, 1.165) is 6.42 Å². The molecular formula is C15H16F. The monoisotopic (exact) mass is 215 g/mol. The Hall–Kier alpha value is -1.37. The number of fused-ring (bicyclic) bond motifs is 1. The van der Waals surface area contributed by atoms with Gasteiger partial charge in [-0.2, -0.15) is 0 Å². The van der Waals surface area contributed by atoms with Gasteiger partial charge in [-0.25, -0.2) is 0 Å². The minimum atomic E-state index is -0.253. The molecule has 1 atom stereocenters. The van der Waals surface area contributed by atoms with E-state index in [-0.39, 0.29) is 12.6 Å². The Morgan fingerprint density at radius 1 is 1.06 bits per heavy atom. The van der Waals surface area contributed by atoms with Crippen molar-refractivity contribution < 1.29 is 4.39 Å². The predicted octanol–water partition coefficient (Wildman–Crippen LogP) is 4.51. The van der Waals surface area contributed by atoms with Crippen molar-refractivity contribution in [1.82, 2.24) is 0 Å². The van der Waals surface area contributed by atoms with Crippen LogP contribution in [0.15, 0.2) is 42.5 Å². The van der Waals surface area contributed by atoms with Gasteiger partial charge in [-0.3, -0.25) is 4.39 Å². The summed E-state index contributed by atoms with van der Waals surface area (Å²) in [6.45, 7) is 3.88. The summed E-state index contributed by atoms with van der Waals surface area (Å²) in [6, 6.07) is 14.5. The van der Waals surface area contributed by atoms with Crippen LogP contribution in [0.25, 0.3) is 10.8 Å². The zero-order valence-electron chi connectivity index (χ0n) is 9.33. The van der Waals surface area contributed by atoms with Crippen LogP contribution in [0.1, 0.15) is 24.3 Å². The smallest absolute Gasteiger partial charge is 0.0894 e. The highest BCUT2D eigenvalue weighted by molar-refractivity contribution is 5.86.